The minimum atomic E-state index is -0.215. The van der Waals surface area contributed by atoms with Crippen LogP contribution in [0.2, 0.25) is 0 Å². The Morgan fingerprint density at radius 1 is 1.38 bits per heavy atom. The summed E-state index contributed by atoms with van der Waals surface area (Å²) in [6.45, 7) is 8.03. The number of nitrogens with zero attached hydrogens (tertiary/aromatic N) is 5. The van der Waals surface area contributed by atoms with Crippen LogP contribution in [0.3, 0.4) is 0 Å². The van der Waals surface area contributed by atoms with E-state index in [4.69, 9.17) is 0 Å². The standard InChI is InChI=1S/C16H20N6OS/c1-5-6-13-20-21-16(24-13)19-15(23)11-7-10(4)18-14-12(11)8-17-22(14)9(2)3/h7-9H,5-6H2,1-4H3,(H,19,21,23). The van der Waals surface area contributed by atoms with Crippen molar-refractivity contribution in [2.24, 2.45) is 0 Å². The van der Waals surface area contributed by atoms with Crippen molar-refractivity contribution in [1.29, 1.82) is 0 Å². The van der Waals surface area contributed by atoms with Crippen molar-refractivity contribution >= 4 is 33.4 Å². The molecule has 7 nitrogen and oxygen atoms in total. The molecule has 0 radical (unpaired) electrons. The number of amides is 1. The highest BCUT2D eigenvalue weighted by Crippen LogP contribution is 2.23. The van der Waals surface area contributed by atoms with Crippen LogP contribution in [0.5, 0.6) is 0 Å². The Kier molecular flexibility index (Phi) is 4.57. The number of nitrogens with one attached hydrogen (secondary N) is 1. The maximum absolute atomic E-state index is 12.7. The normalized spacial score (nSPS) is 11.4. The van der Waals surface area contributed by atoms with Gasteiger partial charge in [0.25, 0.3) is 5.91 Å². The zero-order valence-corrected chi connectivity index (χ0v) is 15.0. The quantitative estimate of drug-likeness (QED) is 0.767. The molecule has 0 aromatic carbocycles. The molecule has 1 N–H and O–H groups in total. The number of aromatic nitrogens is 5. The van der Waals surface area contributed by atoms with Gasteiger partial charge >= 0.3 is 0 Å². The Bertz CT molecular complexity index is 882. The van der Waals surface area contributed by atoms with Crippen LogP contribution in [0.4, 0.5) is 5.13 Å². The van der Waals surface area contributed by atoms with Gasteiger partial charge in [0.2, 0.25) is 5.13 Å². The van der Waals surface area contributed by atoms with E-state index in [0.29, 0.717) is 10.7 Å². The maximum Gasteiger partial charge on any atom is 0.258 e. The summed E-state index contributed by atoms with van der Waals surface area (Å²) in [5.74, 6) is -0.215. The largest absolute Gasteiger partial charge is 0.296 e. The smallest absolute Gasteiger partial charge is 0.258 e. The van der Waals surface area contributed by atoms with E-state index in [1.165, 1.54) is 11.3 Å². The lowest BCUT2D eigenvalue weighted by Gasteiger charge is -2.08. The molecule has 1 amide bonds. The van der Waals surface area contributed by atoms with Crippen LogP contribution >= 0.6 is 11.3 Å². The molecule has 0 unspecified atom stereocenters. The fourth-order valence-electron chi connectivity index (χ4n) is 2.49. The zero-order valence-electron chi connectivity index (χ0n) is 14.2. The number of hydrogen-bond donors (Lipinski definition) is 1. The third-order valence-corrected chi connectivity index (χ3v) is 4.48. The highest BCUT2D eigenvalue weighted by Gasteiger charge is 2.18. The molecular formula is C16H20N6OS. The van der Waals surface area contributed by atoms with Gasteiger partial charge in [-0.3, -0.25) is 10.1 Å². The second kappa shape index (κ2) is 6.64. The van der Waals surface area contributed by atoms with E-state index in [2.05, 4.69) is 32.5 Å². The van der Waals surface area contributed by atoms with Crippen molar-refractivity contribution in [2.45, 2.75) is 46.6 Å². The Balaban J connectivity index is 1.94. The van der Waals surface area contributed by atoms with Crippen LogP contribution in [0, 0.1) is 6.92 Å². The van der Waals surface area contributed by atoms with Gasteiger partial charge in [0.05, 0.1) is 17.1 Å². The fourth-order valence-corrected chi connectivity index (χ4v) is 3.33. The van der Waals surface area contributed by atoms with E-state index in [0.717, 1.165) is 34.6 Å². The Hall–Kier alpha value is -2.35. The van der Waals surface area contributed by atoms with Crippen molar-refractivity contribution in [1.82, 2.24) is 25.0 Å². The summed E-state index contributed by atoms with van der Waals surface area (Å²) in [5, 5.41) is 17.5. The van der Waals surface area contributed by atoms with Crippen LogP contribution in [0.15, 0.2) is 12.3 Å². The van der Waals surface area contributed by atoms with E-state index < -0.39 is 0 Å². The second-order valence-corrected chi connectivity index (χ2v) is 7.00. The van der Waals surface area contributed by atoms with Gasteiger partial charge in [-0.15, -0.1) is 10.2 Å². The lowest BCUT2D eigenvalue weighted by molar-refractivity contribution is 0.102. The van der Waals surface area contributed by atoms with Crippen molar-refractivity contribution in [2.75, 3.05) is 5.32 Å². The molecule has 0 bridgehead atoms. The Morgan fingerprint density at radius 2 is 2.17 bits per heavy atom. The minimum absolute atomic E-state index is 0.174. The van der Waals surface area contributed by atoms with E-state index >= 15 is 0 Å². The van der Waals surface area contributed by atoms with E-state index in [9.17, 15) is 4.79 Å². The first-order chi connectivity index (χ1) is 11.5. The van der Waals surface area contributed by atoms with Gasteiger partial charge in [-0.25, -0.2) is 9.67 Å². The van der Waals surface area contributed by atoms with Gasteiger partial charge in [-0.05, 0) is 33.3 Å². The van der Waals surface area contributed by atoms with Gasteiger partial charge in [-0.1, -0.05) is 18.3 Å². The highest BCUT2D eigenvalue weighted by molar-refractivity contribution is 7.15. The number of aryl methyl sites for hydroxylation is 2. The van der Waals surface area contributed by atoms with Gasteiger partial charge in [-0.2, -0.15) is 5.10 Å². The Morgan fingerprint density at radius 3 is 2.88 bits per heavy atom. The monoisotopic (exact) mass is 344 g/mol. The molecule has 0 saturated heterocycles. The number of pyridine rings is 1. The van der Waals surface area contributed by atoms with Crippen LogP contribution < -0.4 is 5.32 Å². The van der Waals surface area contributed by atoms with Crippen LogP contribution in [0.1, 0.15) is 54.3 Å². The van der Waals surface area contributed by atoms with Gasteiger partial charge in [0, 0.05) is 18.2 Å². The second-order valence-electron chi connectivity index (χ2n) is 5.94. The molecule has 3 rings (SSSR count). The lowest BCUT2D eigenvalue weighted by Crippen LogP contribution is -2.13. The molecule has 0 saturated carbocycles. The van der Waals surface area contributed by atoms with Crippen molar-refractivity contribution in [3.05, 3.63) is 28.5 Å². The first-order valence-electron chi connectivity index (χ1n) is 7.98. The van der Waals surface area contributed by atoms with Crippen LogP contribution in [0.25, 0.3) is 11.0 Å². The third kappa shape index (κ3) is 3.14. The van der Waals surface area contributed by atoms with Crippen molar-refractivity contribution in [3.8, 4) is 0 Å². The summed E-state index contributed by atoms with van der Waals surface area (Å²) >= 11 is 1.41. The summed E-state index contributed by atoms with van der Waals surface area (Å²) < 4.78 is 1.82. The Labute approximate surface area is 144 Å². The summed E-state index contributed by atoms with van der Waals surface area (Å²) in [6, 6.07) is 1.95. The molecule has 3 aromatic rings. The predicted octanol–water partition coefficient (Wildman–Crippen LogP) is 3.38. The van der Waals surface area contributed by atoms with Crippen LogP contribution in [-0.2, 0) is 6.42 Å². The molecule has 3 heterocycles. The van der Waals surface area contributed by atoms with Gasteiger partial charge in [0.1, 0.15) is 5.01 Å². The maximum atomic E-state index is 12.7. The van der Waals surface area contributed by atoms with E-state index in [1.807, 2.05) is 25.5 Å². The molecule has 0 atom stereocenters. The summed E-state index contributed by atoms with van der Waals surface area (Å²) in [6.07, 6.45) is 3.56. The molecule has 0 aliphatic carbocycles. The SMILES string of the molecule is CCCc1nnc(NC(=O)c2cc(C)nc3c2cnn3C(C)C)s1. The van der Waals surface area contributed by atoms with E-state index in [1.54, 1.807) is 12.3 Å². The predicted molar refractivity (Wildman–Crippen MR) is 94.5 cm³/mol. The van der Waals surface area contributed by atoms with Gasteiger partial charge < -0.3 is 0 Å². The number of rotatable bonds is 5. The number of anilines is 1. The van der Waals surface area contributed by atoms with Crippen LogP contribution in [-0.4, -0.2) is 30.9 Å². The molecule has 8 heteroatoms. The zero-order chi connectivity index (χ0) is 17.3. The molecule has 0 spiro atoms. The summed E-state index contributed by atoms with van der Waals surface area (Å²) in [4.78, 5) is 17.2. The number of fused-ring (bicyclic) bond motifs is 1. The van der Waals surface area contributed by atoms with Crippen molar-refractivity contribution < 1.29 is 4.79 Å². The fraction of sp³-hybridized carbons (Fsp3) is 0.438. The first-order valence-corrected chi connectivity index (χ1v) is 8.79. The summed E-state index contributed by atoms with van der Waals surface area (Å²) in [7, 11) is 0. The lowest BCUT2D eigenvalue weighted by atomic mass is 10.1. The minimum Gasteiger partial charge on any atom is -0.296 e. The molecule has 126 valence electrons. The van der Waals surface area contributed by atoms with Crippen molar-refractivity contribution in [3.63, 3.8) is 0 Å². The molecule has 0 fully saturated rings. The average Bonchev–Trinajstić information content (AvgIpc) is 3.13. The van der Waals surface area contributed by atoms with E-state index in [-0.39, 0.29) is 11.9 Å². The van der Waals surface area contributed by atoms with Gasteiger partial charge in [0.15, 0.2) is 5.65 Å². The first kappa shape index (κ1) is 16.5. The molecule has 3 aromatic heterocycles. The number of hydrogen-bond acceptors (Lipinski definition) is 6. The summed E-state index contributed by atoms with van der Waals surface area (Å²) in [5.41, 5.74) is 2.05. The third-order valence-electron chi connectivity index (χ3n) is 3.58. The molecule has 24 heavy (non-hydrogen) atoms. The molecular weight excluding hydrogens is 324 g/mol. The highest BCUT2D eigenvalue weighted by atomic mass is 32.1. The topological polar surface area (TPSA) is 85.6 Å². The molecule has 0 aliphatic rings. The average molecular weight is 344 g/mol. The molecule has 0 aliphatic heterocycles. The number of carbonyl (C=O) groups excluding carboxylic acids is 1. The number of carbonyl (C=O) groups is 1.